The van der Waals surface area contributed by atoms with Crippen molar-refractivity contribution in [3.8, 4) is 0 Å². The van der Waals surface area contributed by atoms with E-state index in [4.69, 9.17) is 0 Å². The summed E-state index contributed by atoms with van der Waals surface area (Å²) in [5.74, 6) is 1.13. The summed E-state index contributed by atoms with van der Waals surface area (Å²) in [7, 11) is 0. The molecule has 0 aliphatic heterocycles. The molecule has 0 aromatic heterocycles. The van der Waals surface area contributed by atoms with E-state index in [9.17, 15) is 0 Å². The molecule has 0 heterocycles. The molecule has 0 radical (unpaired) electrons. The Morgan fingerprint density at radius 3 is 1.44 bits per heavy atom. The number of rotatable bonds is 2. The smallest absolute Gasteiger partial charge is 0.0417 e. The molecule has 1 aliphatic rings. The van der Waals surface area contributed by atoms with Gasteiger partial charge >= 0.3 is 0 Å². The van der Waals surface area contributed by atoms with E-state index in [-0.39, 0.29) is 0 Å². The maximum atomic E-state index is 2.26. The fourth-order valence-electron chi connectivity index (χ4n) is 0.526. The van der Waals surface area contributed by atoms with Gasteiger partial charge < -0.3 is 0 Å². The van der Waals surface area contributed by atoms with Crippen LogP contribution in [0.1, 0.15) is 52.9 Å². The third-order valence-corrected chi connectivity index (χ3v) is 1.77. The Bertz CT molecular complexity index is 42.0. The van der Waals surface area contributed by atoms with Gasteiger partial charge in [0.1, 0.15) is 0 Å². The SMILES string of the molecule is CCC1CC1.CCCC. The Hall–Kier alpha value is 0. The van der Waals surface area contributed by atoms with E-state index in [1.807, 2.05) is 0 Å². The van der Waals surface area contributed by atoms with Crippen molar-refractivity contribution in [3.63, 3.8) is 0 Å². The minimum absolute atomic E-state index is 1.13. The molecule has 0 bridgehead atoms. The Kier molecular flexibility index (Phi) is 6.12. The fraction of sp³-hybridized carbons (Fsp3) is 1.00. The molecule has 0 atom stereocenters. The first-order valence-corrected chi connectivity index (χ1v) is 4.35. The molecule has 56 valence electrons. The van der Waals surface area contributed by atoms with Gasteiger partial charge in [-0.2, -0.15) is 0 Å². The highest BCUT2D eigenvalue weighted by atomic mass is 14.2. The third kappa shape index (κ3) is 8.00. The van der Waals surface area contributed by atoms with Gasteiger partial charge in [0.15, 0.2) is 0 Å². The lowest BCUT2D eigenvalue weighted by atomic mass is 10.3. The number of hydrogen-bond donors (Lipinski definition) is 0. The predicted octanol–water partition coefficient (Wildman–Crippen LogP) is 3.61. The van der Waals surface area contributed by atoms with Crippen LogP contribution in [0.4, 0.5) is 0 Å². The van der Waals surface area contributed by atoms with Crippen LogP contribution in [0.3, 0.4) is 0 Å². The van der Waals surface area contributed by atoms with Crippen LogP contribution in [-0.4, -0.2) is 0 Å². The van der Waals surface area contributed by atoms with Crippen molar-refractivity contribution in [2.24, 2.45) is 5.92 Å². The van der Waals surface area contributed by atoms with E-state index in [1.165, 1.54) is 32.1 Å². The van der Waals surface area contributed by atoms with Gasteiger partial charge in [0.05, 0.1) is 0 Å². The summed E-state index contributed by atoms with van der Waals surface area (Å²) in [6.45, 7) is 6.62. The summed E-state index contributed by atoms with van der Waals surface area (Å²) < 4.78 is 0. The molecular weight excluding hydrogens is 108 g/mol. The molecule has 0 spiro atoms. The average Bonchev–Trinajstić information content (AvgIpc) is 2.70. The molecule has 0 nitrogen and oxygen atoms in total. The van der Waals surface area contributed by atoms with E-state index >= 15 is 0 Å². The molecule has 1 rings (SSSR count). The first-order chi connectivity index (χ1) is 4.35. The van der Waals surface area contributed by atoms with Crippen LogP contribution in [0.25, 0.3) is 0 Å². The van der Waals surface area contributed by atoms with Crippen molar-refractivity contribution in [1.29, 1.82) is 0 Å². The van der Waals surface area contributed by atoms with Crippen molar-refractivity contribution >= 4 is 0 Å². The van der Waals surface area contributed by atoms with E-state index in [1.54, 1.807) is 0 Å². The second-order valence-electron chi connectivity index (χ2n) is 2.85. The highest BCUT2D eigenvalue weighted by Crippen LogP contribution is 2.31. The largest absolute Gasteiger partial charge is 0.0654 e. The van der Waals surface area contributed by atoms with Gasteiger partial charge in [0.25, 0.3) is 0 Å². The zero-order valence-corrected chi connectivity index (χ0v) is 7.11. The van der Waals surface area contributed by atoms with Crippen LogP contribution < -0.4 is 0 Å². The van der Waals surface area contributed by atoms with Crippen LogP contribution in [0.15, 0.2) is 0 Å². The molecule has 0 aromatic rings. The summed E-state index contributed by atoms with van der Waals surface area (Å²) in [5, 5.41) is 0. The Labute approximate surface area is 59.7 Å². The molecular formula is C9H20. The zero-order valence-electron chi connectivity index (χ0n) is 7.11. The molecule has 0 heteroatoms. The highest BCUT2D eigenvalue weighted by Gasteiger charge is 2.17. The lowest BCUT2D eigenvalue weighted by molar-refractivity contribution is 0.799. The summed E-state index contributed by atoms with van der Waals surface area (Å²) in [6, 6.07) is 0. The van der Waals surface area contributed by atoms with Gasteiger partial charge in [-0.1, -0.05) is 52.9 Å². The lowest BCUT2D eigenvalue weighted by Gasteiger charge is -1.72. The Morgan fingerprint density at radius 1 is 1.00 bits per heavy atom. The summed E-state index contributed by atoms with van der Waals surface area (Å²) in [5.41, 5.74) is 0. The van der Waals surface area contributed by atoms with Gasteiger partial charge in [-0.05, 0) is 5.92 Å². The predicted molar refractivity (Wildman–Crippen MR) is 43.6 cm³/mol. The topological polar surface area (TPSA) is 0 Å². The van der Waals surface area contributed by atoms with Gasteiger partial charge in [-0.25, -0.2) is 0 Å². The van der Waals surface area contributed by atoms with Crippen molar-refractivity contribution < 1.29 is 0 Å². The Balaban J connectivity index is 0.000000148. The van der Waals surface area contributed by atoms with E-state index < -0.39 is 0 Å². The zero-order chi connectivity index (χ0) is 7.11. The van der Waals surface area contributed by atoms with E-state index in [0.717, 1.165) is 5.92 Å². The second kappa shape index (κ2) is 6.12. The van der Waals surface area contributed by atoms with Crippen molar-refractivity contribution in [3.05, 3.63) is 0 Å². The van der Waals surface area contributed by atoms with Crippen LogP contribution in [0.2, 0.25) is 0 Å². The maximum Gasteiger partial charge on any atom is -0.0417 e. The molecule has 9 heavy (non-hydrogen) atoms. The summed E-state index contributed by atoms with van der Waals surface area (Å²) in [4.78, 5) is 0. The Morgan fingerprint density at radius 2 is 1.44 bits per heavy atom. The lowest BCUT2D eigenvalue weighted by Crippen LogP contribution is -1.59. The standard InChI is InChI=1S/C5H10.C4H10/c1-2-5-3-4-5;1-3-4-2/h5H,2-4H2,1H3;3-4H2,1-2H3. The molecule has 1 fully saturated rings. The quantitative estimate of drug-likeness (QED) is 0.533. The maximum absolute atomic E-state index is 2.26. The van der Waals surface area contributed by atoms with E-state index in [2.05, 4.69) is 20.8 Å². The van der Waals surface area contributed by atoms with Crippen molar-refractivity contribution in [2.45, 2.75) is 52.9 Å². The first-order valence-electron chi connectivity index (χ1n) is 4.35. The molecule has 0 unspecified atom stereocenters. The van der Waals surface area contributed by atoms with Gasteiger partial charge in [0, 0.05) is 0 Å². The minimum atomic E-state index is 1.13. The van der Waals surface area contributed by atoms with Gasteiger partial charge in [-0.15, -0.1) is 0 Å². The monoisotopic (exact) mass is 128 g/mol. The van der Waals surface area contributed by atoms with Gasteiger partial charge in [0.2, 0.25) is 0 Å². The van der Waals surface area contributed by atoms with Crippen LogP contribution in [-0.2, 0) is 0 Å². The molecule has 0 aromatic carbocycles. The molecule has 0 N–H and O–H groups in total. The average molecular weight is 128 g/mol. The first kappa shape index (κ1) is 9.00. The van der Waals surface area contributed by atoms with Crippen molar-refractivity contribution in [2.75, 3.05) is 0 Å². The normalized spacial score (nSPS) is 16.3. The van der Waals surface area contributed by atoms with Gasteiger partial charge in [-0.3, -0.25) is 0 Å². The minimum Gasteiger partial charge on any atom is -0.0654 e. The third-order valence-electron chi connectivity index (χ3n) is 1.77. The summed E-state index contributed by atoms with van der Waals surface area (Å²) >= 11 is 0. The molecule has 0 amide bonds. The van der Waals surface area contributed by atoms with Crippen LogP contribution in [0.5, 0.6) is 0 Å². The van der Waals surface area contributed by atoms with Crippen molar-refractivity contribution in [1.82, 2.24) is 0 Å². The highest BCUT2D eigenvalue weighted by molar-refractivity contribution is 4.69. The molecule has 0 saturated heterocycles. The molecule has 1 saturated carbocycles. The van der Waals surface area contributed by atoms with Crippen LogP contribution in [0, 0.1) is 5.92 Å². The van der Waals surface area contributed by atoms with Crippen LogP contribution >= 0.6 is 0 Å². The van der Waals surface area contributed by atoms with E-state index in [0.29, 0.717) is 0 Å². The number of unbranched alkanes of at least 4 members (excludes halogenated alkanes) is 1. The molecule has 1 aliphatic carbocycles. The number of hydrogen-bond acceptors (Lipinski definition) is 0. The summed E-state index contributed by atoms with van der Waals surface area (Å²) in [6.07, 6.45) is 7.08. The fourth-order valence-corrected chi connectivity index (χ4v) is 0.526. The second-order valence-corrected chi connectivity index (χ2v) is 2.85.